The summed E-state index contributed by atoms with van der Waals surface area (Å²) in [7, 11) is 1.79. The van der Waals surface area contributed by atoms with E-state index in [-0.39, 0.29) is 18.5 Å². The summed E-state index contributed by atoms with van der Waals surface area (Å²) in [6.45, 7) is 18.6. The van der Waals surface area contributed by atoms with Crippen LogP contribution in [0.3, 0.4) is 0 Å². The molecule has 0 spiro atoms. The fraction of sp³-hybridized carbons (Fsp3) is 1.00. The Hall–Kier alpha value is -0.0800. The molecule has 2 nitrogen and oxygen atoms in total. The molecule has 0 bridgehead atoms. The minimum absolute atomic E-state index is 0. The molecule has 1 saturated heterocycles. The van der Waals surface area contributed by atoms with Gasteiger partial charge < -0.3 is 4.84 Å². The van der Waals surface area contributed by atoms with Gasteiger partial charge in [-0.1, -0.05) is 35.1 Å². The molecule has 2 heteroatoms. The average molecular weight is 243 g/mol. The van der Waals surface area contributed by atoms with Crippen LogP contribution in [0.5, 0.6) is 0 Å². The molecule has 1 heterocycles. The molecule has 1 fully saturated rings. The van der Waals surface area contributed by atoms with Gasteiger partial charge in [-0.3, -0.25) is 0 Å². The summed E-state index contributed by atoms with van der Waals surface area (Å²) in [5.74, 6) is 1.17. The van der Waals surface area contributed by atoms with E-state index in [9.17, 15) is 0 Å². The Morgan fingerprint density at radius 2 is 1.12 bits per heavy atom. The highest BCUT2D eigenvalue weighted by atomic mass is 16.7. The van der Waals surface area contributed by atoms with Crippen LogP contribution in [0, 0.1) is 17.3 Å². The fourth-order valence-electron chi connectivity index (χ4n) is 3.76. The number of hydroxylamine groups is 2. The number of hydrogen-bond acceptors (Lipinski definition) is 2. The molecule has 1 aliphatic heterocycles. The second kappa shape index (κ2) is 4.55. The average Bonchev–Trinajstić information content (AvgIpc) is 2.13. The molecule has 2 unspecified atom stereocenters. The number of hydrogen-bond donors (Lipinski definition) is 0. The summed E-state index contributed by atoms with van der Waals surface area (Å²) in [6, 6.07) is 0. The normalized spacial score (nSPS) is 35.1. The zero-order valence-electron chi connectivity index (χ0n) is 12.5. The molecule has 0 radical (unpaired) electrons. The maximum atomic E-state index is 5.69. The third-order valence-electron chi connectivity index (χ3n) is 5.58. The van der Waals surface area contributed by atoms with Crippen LogP contribution < -0.4 is 0 Å². The minimum Gasteiger partial charge on any atom is -0.301 e. The maximum Gasteiger partial charge on any atom is 0.0575 e. The van der Waals surface area contributed by atoms with Crippen molar-refractivity contribution in [2.45, 2.75) is 73.9 Å². The lowest BCUT2D eigenvalue weighted by Crippen LogP contribution is -2.69. The molecule has 0 N–H and O–H groups in total. The minimum atomic E-state index is 0. The van der Waals surface area contributed by atoms with Crippen molar-refractivity contribution >= 4 is 0 Å². The Labute approximate surface area is 109 Å². The molecule has 104 valence electrons. The predicted molar refractivity (Wildman–Crippen MR) is 75.8 cm³/mol. The predicted octanol–water partition coefficient (Wildman–Crippen LogP) is 4.36. The van der Waals surface area contributed by atoms with E-state index in [2.05, 4.69) is 60.5 Å². The Morgan fingerprint density at radius 1 is 0.824 bits per heavy atom. The first kappa shape index (κ1) is 16.9. The Balaban J connectivity index is 0.00000256. The van der Waals surface area contributed by atoms with Gasteiger partial charge in [0.15, 0.2) is 0 Å². The molecule has 0 aromatic rings. The summed E-state index contributed by atoms with van der Waals surface area (Å²) < 4.78 is 0. The maximum absolute atomic E-state index is 5.69. The second-order valence-electron chi connectivity index (χ2n) is 7.05. The van der Waals surface area contributed by atoms with Crippen molar-refractivity contribution in [2.24, 2.45) is 17.3 Å². The van der Waals surface area contributed by atoms with Crippen LogP contribution in [0.15, 0.2) is 0 Å². The summed E-state index contributed by atoms with van der Waals surface area (Å²) >= 11 is 0. The van der Waals surface area contributed by atoms with E-state index in [1.165, 1.54) is 0 Å². The van der Waals surface area contributed by atoms with Gasteiger partial charge in [0.2, 0.25) is 0 Å². The van der Waals surface area contributed by atoms with Crippen molar-refractivity contribution < 1.29 is 4.84 Å². The largest absolute Gasteiger partial charge is 0.301 e. The van der Waals surface area contributed by atoms with E-state index in [0.717, 1.165) is 0 Å². The van der Waals surface area contributed by atoms with Crippen LogP contribution in [0.1, 0.15) is 62.8 Å². The van der Waals surface area contributed by atoms with Crippen LogP contribution in [0.25, 0.3) is 0 Å². The van der Waals surface area contributed by atoms with E-state index >= 15 is 0 Å². The molecule has 1 aliphatic rings. The highest BCUT2D eigenvalue weighted by molar-refractivity contribution is 5.07. The molecule has 0 aromatic heterocycles. The third-order valence-corrected chi connectivity index (χ3v) is 5.58. The molecule has 17 heavy (non-hydrogen) atoms. The Bertz CT molecular complexity index is 244. The standard InChI is InChI=1S/C14H29NO.CH4/c1-10-12(3,4)11(2)14(7,8)15(16-9)13(10,5)6;/h10-11H,1-9H3;1H4. The zero-order chi connectivity index (χ0) is 12.9. The second-order valence-corrected chi connectivity index (χ2v) is 7.05. The van der Waals surface area contributed by atoms with E-state index in [0.29, 0.717) is 17.3 Å². The van der Waals surface area contributed by atoms with Crippen LogP contribution in [0.4, 0.5) is 0 Å². The summed E-state index contributed by atoms with van der Waals surface area (Å²) in [5, 5.41) is 2.20. The van der Waals surface area contributed by atoms with E-state index in [1.807, 2.05) is 0 Å². The number of rotatable bonds is 1. The van der Waals surface area contributed by atoms with E-state index in [4.69, 9.17) is 4.84 Å². The van der Waals surface area contributed by atoms with Crippen molar-refractivity contribution in [1.82, 2.24) is 5.06 Å². The van der Waals surface area contributed by atoms with Gasteiger partial charge in [-0.2, -0.15) is 5.06 Å². The van der Waals surface area contributed by atoms with Crippen molar-refractivity contribution in [2.75, 3.05) is 7.11 Å². The summed E-state index contributed by atoms with van der Waals surface area (Å²) in [4.78, 5) is 5.69. The molecule has 0 aromatic carbocycles. The topological polar surface area (TPSA) is 12.5 Å². The van der Waals surface area contributed by atoms with Gasteiger partial charge in [0.25, 0.3) is 0 Å². The van der Waals surface area contributed by atoms with Crippen LogP contribution in [-0.4, -0.2) is 23.3 Å². The first-order chi connectivity index (χ1) is 7.00. The van der Waals surface area contributed by atoms with Gasteiger partial charge in [0, 0.05) is 11.1 Å². The lowest BCUT2D eigenvalue weighted by Gasteiger charge is -2.63. The first-order valence-electron chi connectivity index (χ1n) is 6.35. The first-order valence-corrected chi connectivity index (χ1v) is 6.35. The van der Waals surface area contributed by atoms with Crippen LogP contribution in [-0.2, 0) is 4.84 Å². The molecule has 2 atom stereocenters. The van der Waals surface area contributed by atoms with Crippen molar-refractivity contribution in [3.05, 3.63) is 0 Å². The molecule has 0 amide bonds. The van der Waals surface area contributed by atoms with Crippen LogP contribution in [0.2, 0.25) is 0 Å². The van der Waals surface area contributed by atoms with Gasteiger partial charge in [-0.25, -0.2) is 0 Å². The van der Waals surface area contributed by atoms with E-state index in [1.54, 1.807) is 7.11 Å². The molecule has 0 aliphatic carbocycles. The lowest BCUT2D eigenvalue weighted by molar-refractivity contribution is -0.315. The zero-order valence-corrected chi connectivity index (χ0v) is 12.5. The van der Waals surface area contributed by atoms with Gasteiger partial charge >= 0.3 is 0 Å². The summed E-state index contributed by atoms with van der Waals surface area (Å²) in [5.41, 5.74) is 0.449. The van der Waals surface area contributed by atoms with Crippen molar-refractivity contribution in [1.29, 1.82) is 0 Å². The van der Waals surface area contributed by atoms with Crippen LogP contribution >= 0.6 is 0 Å². The monoisotopic (exact) mass is 243 g/mol. The quantitative estimate of drug-likeness (QED) is 0.678. The van der Waals surface area contributed by atoms with Gasteiger partial charge in [0.05, 0.1) is 7.11 Å². The molecule has 0 saturated carbocycles. The van der Waals surface area contributed by atoms with Gasteiger partial charge in [0.1, 0.15) is 0 Å². The van der Waals surface area contributed by atoms with Crippen molar-refractivity contribution in [3.63, 3.8) is 0 Å². The lowest BCUT2D eigenvalue weighted by atomic mass is 9.55. The Kier molecular flexibility index (Phi) is 4.52. The highest BCUT2D eigenvalue weighted by Crippen LogP contribution is 2.54. The smallest absolute Gasteiger partial charge is 0.0575 e. The fourth-order valence-corrected chi connectivity index (χ4v) is 3.76. The Morgan fingerprint density at radius 3 is 1.35 bits per heavy atom. The molecule has 1 rings (SSSR count). The SMILES string of the molecule is C.CON1C(C)(C)C(C)C(C)(C)C(C)C1(C)C. The molecular weight excluding hydrogens is 210 g/mol. The molecular formula is C15H33NO. The third kappa shape index (κ3) is 2.15. The van der Waals surface area contributed by atoms with Gasteiger partial charge in [-0.15, -0.1) is 0 Å². The highest BCUT2D eigenvalue weighted by Gasteiger charge is 2.57. The van der Waals surface area contributed by atoms with E-state index < -0.39 is 0 Å². The summed E-state index contributed by atoms with van der Waals surface area (Å²) in [6.07, 6.45) is 0. The number of piperidine rings is 1. The van der Waals surface area contributed by atoms with Gasteiger partial charge in [-0.05, 0) is 44.9 Å². The van der Waals surface area contributed by atoms with Crippen molar-refractivity contribution in [3.8, 4) is 0 Å². The number of nitrogens with zero attached hydrogens (tertiary/aromatic N) is 1.